The van der Waals surface area contributed by atoms with E-state index in [2.05, 4.69) is 15.0 Å². The molecule has 0 radical (unpaired) electrons. The molecule has 1 fully saturated rings. The SMILES string of the molecule is O=C(OCC(=O)N1N=C(c2ccc(Cl)cc2)CC1c1ccco1)C1CCCN(c2ccccn2)C1. The fraction of sp³-hybridized carbons (Fsp3) is 0.308. The van der Waals surface area contributed by atoms with E-state index in [-0.39, 0.29) is 18.5 Å². The highest BCUT2D eigenvalue weighted by atomic mass is 35.5. The van der Waals surface area contributed by atoms with Crippen molar-refractivity contribution in [3.8, 4) is 0 Å². The number of carbonyl (C=O) groups excluding carboxylic acids is 2. The molecule has 2 aliphatic rings. The average molecular weight is 493 g/mol. The molecule has 0 aliphatic carbocycles. The first-order valence-corrected chi connectivity index (χ1v) is 12.0. The van der Waals surface area contributed by atoms with Gasteiger partial charge in [-0.2, -0.15) is 5.10 Å². The van der Waals surface area contributed by atoms with Crippen molar-refractivity contribution in [3.05, 3.63) is 83.4 Å². The van der Waals surface area contributed by atoms with Gasteiger partial charge in [0.25, 0.3) is 5.91 Å². The number of hydrogen-bond acceptors (Lipinski definition) is 7. The number of rotatable bonds is 6. The molecule has 2 unspecified atom stereocenters. The Hall–Kier alpha value is -3.65. The molecule has 2 atom stereocenters. The number of amides is 1. The van der Waals surface area contributed by atoms with Crippen LogP contribution < -0.4 is 4.90 Å². The lowest BCUT2D eigenvalue weighted by atomic mass is 9.98. The van der Waals surface area contributed by atoms with Gasteiger partial charge in [0.2, 0.25) is 0 Å². The second kappa shape index (κ2) is 10.3. The van der Waals surface area contributed by atoms with Gasteiger partial charge in [0.1, 0.15) is 17.6 Å². The number of halogens is 1. The molecule has 8 nitrogen and oxygen atoms in total. The van der Waals surface area contributed by atoms with Crippen LogP contribution in [0.25, 0.3) is 0 Å². The van der Waals surface area contributed by atoms with Crippen molar-refractivity contribution in [2.24, 2.45) is 11.0 Å². The molecule has 1 saturated heterocycles. The number of furan rings is 1. The van der Waals surface area contributed by atoms with Crippen LogP contribution in [0.5, 0.6) is 0 Å². The highest BCUT2D eigenvalue weighted by molar-refractivity contribution is 6.30. The summed E-state index contributed by atoms with van der Waals surface area (Å²) >= 11 is 6.01. The van der Waals surface area contributed by atoms with Gasteiger partial charge in [-0.1, -0.05) is 29.8 Å². The Morgan fingerprint density at radius 2 is 1.97 bits per heavy atom. The number of hydrazone groups is 1. The summed E-state index contributed by atoms with van der Waals surface area (Å²) in [4.78, 5) is 32.4. The van der Waals surface area contributed by atoms with E-state index < -0.39 is 11.9 Å². The van der Waals surface area contributed by atoms with Crippen molar-refractivity contribution < 1.29 is 18.7 Å². The third-order valence-electron chi connectivity index (χ3n) is 6.28. The summed E-state index contributed by atoms with van der Waals surface area (Å²) in [5, 5.41) is 6.54. The predicted octanol–water partition coefficient (Wildman–Crippen LogP) is 4.47. The third kappa shape index (κ3) is 5.22. The first-order chi connectivity index (χ1) is 17.1. The van der Waals surface area contributed by atoms with E-state index in [1.54, 1.807) is 30.7 Å². The number of piperidine rings is 1. The topological polar surface area (TPSA) is 88.2 Å². The standard InChI is InChI=1S/C26H25ClN4O4/c27-20-10-8-18(9-11-20)21-15-22(23-6-4-14-34-23)31(29-21)25(32)17-35-26(33)19-5-3-13-30(16-19)24-7-1-2-12-28-24/h1-2,4,6-12,14,19,22H,3,5,13,15-17H2. The van der Waals surface area contributed by atoms with Gasteiger partial charge in [-0.3, -0.25) is 9.59 Å². The molecule has 3 aromatic rings. The molecule has 0 N–H and O–H groups in total. The highest BCUT2D eigenvalue weighted by Gasteiger charge is 2.36. The van der Waals surface area contributed by atoms with Gasteiger partial charge in [-0.05, 0) is 54.8 Å². The highest BCUT2D eigenvalue weighted by Crippen LogP contribution is 2.33. The van der Waals surface area contributed by atoms with Crippen LogP contribution in [0.1, 0.15) is 36.6 Å². The molecular weight excluding hydrogens is 468 g/mol. The van der Waals surface area contributed by atoms with E-state index in [1.165, 1.54) is 5.01 Å². The third-order valence-corrected chi connectivity index (χ3v) is 6.53. The lowest BCUT2D eigenvalue weighted by molar-refractivity contribution is -0.156. The van der Waals surface area contributed by atoms with Crippen LogP contribution >= 0.6 is 11.6 Å². The quantitative estimate of drug-likeness (QED) is 0.472. The number of esters is 1. The fourth-order valence-electron chi connectivity index (χ4n) is 4.49. The smallest absolute Gasteiger partial charge is 0.311 e. The second-order valence-corrected chi connectivity index (χ2v) is 9.04. The number of hydrogen-bond donors (Lipinski definition) is 0. The van der Waals surface area contributed by atoms with Crippen LogP contribution in [-0.4, -0.2) is 47.3 Å². The maximum atomic E-state index is 13.1. The second-order valence-electron chi connectivity index (χ2n) is 8.61. The zero-order valence-electron chi connectivity index (χ0n) is 19.0. The Kier molecular flexibility index (Phi) is 6.81. The molecule has 9 heteroatoms. The molecule has 2 aliphatic heterocycles. The number of ether oxygens (including phenoxy) is 1. The summed E-state index contributed by atoms with van der Waals surface area (Å²) in [6, 6.07) is 16.2. The fourth-order valence-corrected chi connectivity index (χ4v) is 4.62. The summed E-state index contributed by atoms with van der Waals surface area (Å²) in [6.45, 7) is 0.968. The Labute approximate surface area is 208 Å². The predicted molar refractivity (Wildman–Crippen MR) is 131 cm³/mol. The molecular formula is C26H25ClN4O4. The minimum absolute atomic E-state index is 0.314. The van der Waals surface area contributed by atoms with Crippen molar-refractivity contribution in [2.45, 2.75) is 25.3 Å². The maximum Gasteiger partial charge on any atom is 0.311 e. The minimum Gasteiger partial charge on any atom is -0.467 e. The van der Waals surface area contributed by atoms with Crippen molar-refractivity contribution in [1.29, 1.82) is 0 Å². The number of anilines is 1. The van der Waals surface area contributed by atoms with Crippen LogP contribution in [0.4, 0.5) is 5.82 Å². The molecule has 4 heterocycles. The number of benzene rings is 1. The summed E-state index contributed by atoms with van der Waals surface area (Å²) in [5.41, 5.74) is 1.61. The Bertz CT molecular complexity index is 1200. The number of aromatic nitrogens is 1. The van der Waals surface area contributed by atoms with Crippen LogP contribution in [0, 0.1) is 5.92 Å². The summed E-state index contributed by atoms with van der Waals surface area (Å²) in [6.07, 6.45) is 5.35. The molecule has 0 saturated carbocycles. The van der Waals surface area contributed by atoms with E-state index in [9.17, 15) is 9.59 Å². The Morgan fingerprint density at radius 3 is 2.71 bits per heavy atom. The summed E-state index contributed by atoms with van der Waals surface area (Å²) in [7, 11) is 0. The number of nitrogens with zero attached hydrogens (tertiary/aromatic N) is 4. The summed E-state index contributed by atoms with van der Waals surface area (Å²) < 4.78 is 11.0. The molecule has 2 aromatic heterocycles. The van der Waals surface area contributed by atoms with Crippen molar-refractivity contribution in [2.75, 3.05) is 24.6 Å². The van der Waals surface area contributed by atoms with Gasteiger partial charge in [0.05, 0.1) is 17.9 Å². The van der Waals surface area contributed by atoms with Crippen LogP contribution in [0.2, 0.25) is 5.02 Å². The van der Waals surface area contributed by atoms with Gasteiger partial charge in [0.15, 0.2) is 6.61 Å². The molecule has 0 bridgehead atoms. The average Bonchev–Trinajstić information content (AvgIpc) is 3.59. The van der Waals surface area contributed by atoms with Crippen LogP contribution in [0.3, 0.4) is 0 Å². The molecule has 35 heavy (non-hydrogen) atoms. The number of carbonyl (C=O) groups is 2. The first-order valence-electron chi connectivity index (χ1n) is 11.6. The lowest BCUT2D eigenvalue weighted by Crippen LogP contribution is -2.40. The van der Waals surface area contributed by atoms with E-state index in [0.717, 1.165) is 30.1 Å². The molecule has 180 valence electrons. The molecule has 1 amide bonds. The van der Waals surface area contributed by atoms with Gasteiger partial charge >= 0.3 is 5.97 Å². The zero-order chi connectivity index (χ0) is 24.2. The van der Waals surface area contributed by atoms with E-state index in [4.69, 9.17) is 20.8 Å². The largest absolute Gasteiger partial charge is 0.467 e. The molecule has 1 aromatic carbocycles. The maximum absolute atomic E-state index is 13.1. The monoisotopic (exact) mass is 492 g/mol. The Morgan fingerprint density at radius 1 is 1.11 bits per heavy atom. The van der Waals surface area contributed by atoms with Crippen molar-refractivity contribution in [3.63, 3.8) is 0 Å². The Balaban J connectivity index is 1.25. The van der Waals surface area contributed by atoms with Crippen molar-refractivity contribution >= 4 is 35.0 Å². The minimum atomic E-state index is -0.406. The molecule has 0 spiro atoms. The number of pyridine rings is 1. The van der Waals surface area contributed by atoms with Gasteiger partial charge in [-0.15, -0.1) is 0 Å². The first kappa shape index (κ1) is 23.1. The van der Waals surface area contributed by atoms with Gasteiger partial charge in [0, 0.05) is 30.7 Å². The molecule has 5 rings (SSSR count). The summed E-state index contributed by atoms with van der Waals surface area (Å²) in [5.74, 6) is 0.362. The van der Waals surface area contributed by atoms with E-state index in [1.807, 2.05) is 36.4 Å². The van der Waals surface area contributed by atoms with Crippen LogP contribution in [-0.2, 0) is 14.3 Å². The van der Waals surface area contributed by atoms with Crippen LogP contribution in [0.15, 0.2) is 76.6 Å². The van der Waals surface area contributed by atoms with Gasteiger partial charge < -0.3 is 14.1 Å². The zero-order valence-corrected chi connectivity index (χ0v) is 19.8. The van der Waals surface area contributed by atoms with E-state index in [0.29, 0.717) is 30.2 Å². The lowest BCUT2D eigenvalue weighted by Gasteiger charge is -2.32. The normalized spacial score (nSPS) is 20.0. The van der Waals surface area contributed by atoms with Gasteiger partial charge in [-0.25, -0.2) is 9.99 Å². The van der Waals surface area contributed by atoms with E-state index >= 15 is 0 Å². The van der Waals surface area contributed by atoms with Crippen molar-refractivity contribution in [1.82, 2.24) is 9.99 Å².